The molecule has 60 valence electrons. The summed E-state index contributed by atoms with van der Waals surface area (Å²) >= 11 is -0.467. The number of fused-ring (bicyclic) bond motifs is 1. The molecule has 2 heteroatoms. The Kier molecular flexibility index (Phi) is 2.94. The lowest BCUT2D eigenvalue weighted by atomic mass is 9.92. The minimum absolute atomic E-state index is 0.467. The van der Waals surface area contributed by atoms with Gasteiger partial charge in [0.2, 0.25) is 0 Å². The van der Waals surface area contributed by atoms with Crippen molar-refractivity contribution in [1.29, 1.82) is 0 Å². The Morgan fingerprint density at radius 2 is 1.83 bits per heavy atom. The van der Waals surface area contributed by atoms with Crippen LogP contribution in [-0.2, 0) is 12.8 Å². The van der Waals surface area contributed by atoms with Gasteiger partial charge in [-0.15, -0.1) is 3.69 Å². The first kappa shape index (κ1) is 8.86. The molecule has 0 saturated heterocycles. The van der Waals surface area contributed by atoms with Crippen LogP contribution in [0.4, 0.5) is 0 Å². The summed E-state index contributed by atoms with van der Waals surface area (Å²) < 4.78 is 1.40. The second-order valence-corrected chi connectivity index (χ2v) is 5.33. The number of hydrogen-bond donors (Lipinski definition) is 0. The summed E-state index contributed by atoms with van der Waals surface area (Å²) in [5, 5.41) is 0. The molecule has 0 atom stereocenters. The summed E-state index contributed by atoms with van der Waals surface area (Å²) in [7, 11) is 5.91. The van der Waals surface area contributed by atoms with Gasteiger partial charge >= 0.3 is 19.3 Å². The van der Waals surface area contributed by atoms with Gasteiger partial charge in [0.05, 0.1) is 0 Å². The van der Waals surface area contributed by atoms with Gasteiger partial charge in [-0.25, -0.2) is 0 Å². The van der Waals surface area contributed by atoms with E-state index in [4.69, 9.17) is 9.07 Å². The molecule has 0 radical (unpaired) electrons. The van der Waals surface area contributed by atoms with E-state index in [-0.39, 0.29) is 0 Å². The monoisotopic (exact) mass is 190 g/mol. The third kappa shape index (κ3) is 1.78. The van der Waals surface area contributed by atoms with Gasteiger partial charge in [0.1, 0.15) is 0 Å². The second kappa shape index (κ2) is 3.99. The Balaban J connectivity index is 2.36. The molecule has 1 aromatic rings. The zero-order valence-electron chi connectivity index (χ0n) is 7.15. The first-order chi connectivity index (χ1) is 5.90. The standard InChI is InChI=1S/C10H11.ClH.Mg/c1-2-6-10-8-4-3-7-9(10)5-1;;/h1,5-6H,3-4,7-8H2;1H;/q;;+1/p-1. The molecule has 0 saturated carbocycles. The Morgan fingerprint density at radius 3 is 2.58 bits per heavy atom. The molecular formula is C10H11ClMg. The Labute approximate surface area is 86.8 Å². The zero-order chi connectivity index (χ0) is 8.39. The van der Waals surface area contributed by atoms with E-state index in [2.05, 4.69) is 18.2 Å². The number of aryl methyl sites for hydroxylation is 2. The molecule has 1 aromatic carbocycles. The van der Waals surface area contributed by atoms with E-state index in [1.165, 1.54) is 29.4 Å². The number of benzene rings is 1. The van der Waals surface area contributed by atoms with Crippen molar-refractivity contribution >= 4 is 32.0 Å². The molecule has 1 aliphatic carbocycles. The van der Waals surface area contributed by atoms with Gasteiger partial charge in [-0.05, 0) is 36.8 Å². The molecule has 1 aliphatic rings. The Morgan fingerprint density at radius 1 is 1.08 bits per heavy atom. The van der Waals surface area contributed by atoms with Crippen LogP contribution < -0.4 is 3.69 Å². The van der Waals surface area contributed by atoms with Crippen molar-refractivity contribution < 1.29 is 0 Å². The summed E-state index contributed by atoms with van der Waals surface area (Å²) in [5.41, 5.74) is 3.12. The Hall–Kier alpha value is 0.276. The molecule has 0 heterocycles. The highest BCUT2D eigenvalue weighted by Crippen LogP contribution is 2.19. The average Bonchev–Trinajstić information content (AvgIpc) is 2.17. The molecule has 0 aromatic heterocycles. The highest BCUT2D eigenvalue weighted by molar-refractivity contribution is 7.01. The molecule has 0 spiro atoms. The molecule has 12 heavy (non-hydrogen) atoms. The molecule has 0 aliphatic heterocycles. The lowest BCUT2D eigenvalue weighted by Crippen LogP contribution is -2.13. The van der Waals surface area contributed by atoms with Crippen molar-refractivity contribution in [1.82, 2.24) is 0 Å². The van der Waals surface area contributed by atoms with Crippen molar-refractivity contribution in [3.63, 3.8) is 0 Å². The summed E-state index contributed by atoms with van der Waals surface area (Å²) in [6.45, 7) is 0. The molecule has 0 bridgehead atoms. The van der Waals surface area contributed by atoms with E-state index in [9.17, 15) is 0 Å². The lowest BCUT2D eigenvalue weighted by molar-refractivity contribution is 0.686. The van der Waals surface area contributed by atoms with Gasteiger partial charge in [-0.3, -0.25) is 0 Å². The fourth-order valence-corrected chi connectivity index (χ4v) is 2.90. The summed E-state index contributed by atoms with van der Waals surface area (Å²) in [6, 6.07) is 6.82. The van der Waals surface area contributed by atoms with Crippen LogP contribution in [0.3, 0.4) is 0 Å². The third-order valence-electron chi connectivity index (χ3n) is 2.57. The number of rotatable bonds is 1. The second-order valence-electron chi connectivity index (χ2n) is 3.44. The van der Waals surface area contributed by atoms with Gasteiger partial charge in [0.15, 0.2) is 0 Å². The zero-order valence-corrected chi connectivity index (χ0v) is 9.32. The summed E-state index contributed by atoms with van der Waals surface area (Å²) in [6.07, 6.45) is 5.28. The van der Waals surface area contributed by atoms with E-state index in [1.54, 1.807) is 11.1 Å². The van der Waals surface area contributed by atoms with Crippen LogP contribution in [0, 0.1) is 0 Å². The van der Waals surface area contributed by atoms with Crippen LogP contribution in [0.15, 0.2) is 18.2 Å². The molecule has 0 amide bonds. The smallest absolute Gasteiger partial charge is 0.336 e. The van der Waals surface area contributed by atoms with Crippen LogP contribution in [0.1, 0.15) is 24.0 Å². The number of hydrogen-bond acceptors (Lipinski definition) is 0. The fourth-order valence-electron chi connectivity index (χ4n) is 1.87. The van der Waals surface area contributed by atoms with E-state index < -0.39 is 19.3 Å². The average molecular weight is 191 g/mol. The van der Waals surface area contributed by atoms with Crippen LogP contribution in [0.2, 0.25) is 0 Å². The predicted molar refractivity (Wildman–Crippen MR) is 54.3 cm³/mol. The normalized spacial score (nSPS) is 15.1. The summed E-state index contributed by atoms with van der Waals surface area (Å²) in [5.74, 6) is 0. The molecule has 0 unspecified atom stereocenters. The first-order valence-electron chi connectivity index (χ1n) is 4.57. The van der Waals surface area contributed by atoms with Gasteiger partial charge in [-0.2, -0.15) is 0 Å². The molecular weight excluding hydrogens is 180 g/mol. The van der Waals surface area contributed by atoms with E-state index in [1.807, 2.05) is 0 Å². The lowest BCUT2D eigenvalue weighted by Gasteiger charge is -2.16. The fraction of sp³-hybridized carbons (Fsp3) is 0.400. The van der Waals surface area contributed by atoms with E-state index in [0.717, 1.165) is 0 Å². The topological polar surface area (TPSA) is 0 Å². The van der Waals surface area contributed by atoms with Gasteiger partial charge < -0.3 is 9.07 Å². The van der Waals surface area contributed by atoms with Crippen molar-refractivity contribution in [3.8, 4) is 0 Å². The molecule has 0 fully saturated rings. The quantitative estimate of drug-likeness (QED) is 0.595. The maximum atomic E-state index is 5.91. The van der Waals surface area contributed by atoms with Crippen molar-refractivity contribution in [2.24, 2.45) is 0 Å². The first-order valence-corrected chi connectivity index (χ1v) is 7.41. The van der Waals surface area contributed by atoms with Crippen molar-refractivity contribution in [2.75, 3.05) is 0 Å². The van der Waals surface area contributed by atoms with Crippen LogP contribution in [0.5, 0.6) is 0 Å². The maximum absolute atomic E-state index is 5.91. The van der Waals surface area contributed by atoms with Crippen LogP contribution in [-0.4, -0.2) is 19.3 Å². The number of halogens is 1. The van der Waals surface area contributed by atoms with Crippen LogP contribution >= 0.6 is 9.07 Å². The van der Waals surface area contributed by atoms with Gasteiger partial charge in [0, 0.05) is 0 Å². The SMILES string of the molecule is [Cl][Mg][c]1ccc2c(c1)CCCC2. The molecule has 2 rings (SSSR count). The largest absolute Gasteiger partial charge is 0.538 e. The Bertz CT molecular complexity index is 283. The highest BCUT2D eigenvalue weighted by Gasteiger charge is 2.09. The van der Waals surface area contributed by atoms with Crippen molar-refractivity contribution in [3.05, 3.63) is 29.3 Å². The van der Waals surface area contributed by atoms with E-state index >= 15 is 0 Å². The minimum atomic E-state index is -0.467. The van der Waals surface area contributed by atoms with Crippen LogP contribution in [0.25, 0.3) is 0 Å². The molecule has 0 N–H and O–H groups in total. The van der Waals surface area contributed by atoms with E-state index in [0.29, 0.717) is 0 Å². The van der Waals surface area contributed by atoms with Gasteiger partial charge in [-0.1, -0.05) is 18.2 Å². The van der Waals surface area contributed by atoms with Crippen molar-refractivity contribution in [2.45, 2.75) is 25.7 Å². The predicted octanol–water partition coefficient (Wildman–Crippen LogP) is 2.05. The van der Waals surface area contributed by atoms with Gasteiger partial charge in [0.25, 0.3) is 0 Å². The minimum Gasteiger partial charge on any atom is -0.336 e. The third-order valence-corrected chi connectivity index (χ3v) is 4.24. The highest BCUT2D eigenvalue weighted by atomic mass is 35.5. The molecule has 0 nitrogen and oxygen atoms in total. The maximum Gasteiger partial charge on any atom is 0.538 e. The summed E-state index contributed by atoms with van der Waals surface area (Å²) in [4.78, 5) is 0.